The molecular weight excluding hydrogens is 599 g/mol. The second-order valence-corrected chi connectivity index (χ2v) is 10.3. The molecule has 3 N–H and O–H groups in total. The van der Waals surface area contributed by atoms with Crippen LogP contribution in [0.2, 0.25) is 10.0 Å². The van der Waals surface area contributed by atoms with E-state index in [-0.39, 0.29) is 44.7 Å². The number of amides is 2. The molecule has 42 heavy (non-hydrogen) atoms. The Morgan fingerprint density at radius 3 is 2.26 bits per heavy atom. The Labute approximate surface area is 248 Å². The van der Waals surface area contributed by atoms with Crippen molar-refractivity contribution in [2.45, 2.75) is 32.0 Å². The summed E-state index contributed by atoms with van der Waals surface area (Å²) in [6, 6.07) is 9.58. The molecule has 1 aromatic heterocycles. The number of benzene rings is 2. The van der Waals surface area contributed by atoms with Crippen LogP contribution in [0.15, 0.2) is 54.9 Å². The molecule has 222 valence electrons. The number of primary amides is 1. The van der Waals surface area contributed by atoms with Crippen LogP contribution in [0.4, 0.5) is 8.78 Å². The first-order valence-corrected chi connectivity index (χ1v) is 13.4. The molecular formula is C28H25Cl2F2N3O7. The van der Waals surface area contributed by atoms with E-state index < -0.39 is 37.0 Å². The zero-order valence-electron chi connectivity index (χ0n) is 21.9. The minimum absolute atomic E-state index is 0.00844. The molecule has 4 rings (SSSR count). The van der Waals surface area contributed by atoms with E-state index in [9.17, 15) is 28.4 Å². The Morgan fingerprint density at radius 1 is 1.02 bits per heavy atom. The highest BCUT2D eigenvalue weighted by Crippen LogP contribution is 2.37. The van der Waals surface area contributed by atoms with Gasteiger partial charge in [-0.1, -0.05) is 29.3 Å². The highest BCUT2D eigenvalue weighted by Gasteiger charge is 2.26. The summed E-state index contributed by atoms with van der Waals surface area (Å²) in [7, 11) is 0. The van der Waals surface area contributed by atoms with Crippen LogP contribution in [0.5, 0.6) is 11.5 Å². The normalized spacial score (nSPS) is 13.4. The first-order valence-electron chi connectivity index (χ1n) is 12.7. The van der Waals surface area contributed by atoms with Crippen LogP contribution in [-0.4, -0.2) is 37.5 Å². The summed E-state index contributed by atoms with van der Waals surface area (Å²) in [5.41, 5.74) is 6.20. The number of hydrogen-bond acceptors (Lipinski definition) is 7. The molecule has 0 spiro atoms. The van der Waals surface area contributed by atoms with E-state index in [4.69, 9.17) is 38.4 Å². The van der Waals surface area contributed by atoms with Gasteiger partial charge in [0.25, 0.3) is 5.91 Å². The van der Waals surface area contributed by atoms with Gasteiger partial charge >= 0.3 is 12.6 Å². The molecule has 2 aromatic carbocycles. The average molecular weight is 624 g/mol. The van der Waals surface area contributed by atoms with Crippen LogP contribution in [0.25, 0.3) is 0 Å². The number of carbonyl (C=O) groups excluding carboxylic acids is 3. The van der Waals surface area contributed by atoms with E-state index in [0.29, 0.717) is 22.8 Å². The maximum atomic E-state index is 13.0. The maximum absolute atomic E-state index is 13.0. The molecule has 0 radical (unpaired) electrons. The SMILES string of the molecule is NC(=O)c1ccc(C(=O)NCC(=O)OC(Cc2c(Cl)c[n+]([O-])cc2Cl)c2ccc(OC(F)F)c(OCC3CC3)c2)cc1. The number of nitrogens with two attached hydrogens (primary N) is 1. The van der Waals surface area contributed by atoms with Crippen molar-refractivity contribution in [2.75, 3.05) is 13.2 Å². The minimum Gasteiger partial charge on any atom is -0.619 e. The van der Waals surface area contributed by atoms with Crippen LogP contribution in [-0.2, 0) is 16.0 Å². The smallest absolute Gasteiger partial charge is 0.387 e. The van der Waals surface area contributed by atoms with Crippen LogP contribution in [0.1, 0.15) is 50.8 Å². The first-order chi connectivity index (χ1) is 20.0. The van der Waals surface area contributed by atoms with E-state index in [1.807, 2.05) is 0 Å². The molecule has 1 aliphatic rings. The predicted molar refractivity (Wildman–Crippen MR) is 147 cm³/mol. The Hall–Kier alpha value is -4.16. The van der Waals surface area contributed by atoms with Crippen molar-refractivity contribution in [1.82, 2.24) is 5.32 Å². The summed E-state index contributed by atoms with van der Waals surface area (Å²) < 4.78 is 42.5. The average Bonchev–Trinajstić information content (AvgIpc) is 3.77. The summed E-state index contributed by atoms with van der Waals surface area (Å²) in [4.78, 5) is 36.6. The summed E-state index contributed by atoms with van der Waals surface area (Å²) in [6.07, 6.45) is 2.87. The van der Waals surface area contributed by atoms with Crippen molar-refractivity contribution in [3.8, 4) is 11.5 Å². The second-order valence-electron chi connectivity index (χ2n) is 9.44. The Morgan fingerprint density at radius 2 is 1.67 bits per heavy atom. The van der Waals surface area contributed by atoms with Gasteiger partial charge < -0.3 is 30.5 Å². The quantitative estimate of drug-likeness (QED) is 0.163. The summed E-state index contributed by atoms with van der Waals surface area (Å²) in [5, 5.41) is 14.2. The number of carbonyl (C=O) groups is 3. The van der Waals surface area contributed by atoms with E-state index in [0.717, 1.165) is 25.2 Å². The maximum Gasteiger partial charge on any atom is 0.387 e. The Bertz CT molecular complexity index is 1450. The van der Waals surface area contributed by atoms with Gasteiger partial charge in [-0.2, -0.15) is 13.5 Å². The molecule has 0 aliphatic heterocycles. The standard InChI is InChI=1S/C28H25Cl2F2N3O7/c29-20-12-35(39)13-21(30)19(20)10-23(18-7-8-22(42-28(31)32)24(9-18)40-14-15-1-2-15)41-25(36)11-34-27(38)17-5-3-16(4-6-17)26(33)37/h3-9,12-13,15,23,28H,1-2,10-11,14H2,(H2,33,37)(H,34,38). The number of aromatic nitrogens is 1. The fourth-order valence-electron chi connectivity index (χ4n) is 3.90. The Balaban J connectivity index is 1.55. The summed E-state index contributed by atoms with van der Waals surface area (Å²) in [6.45, 7) is -3.34. The molecule has 14 heteroatoms. The van der Waals surface area contributed by atoms with Gasteiger partial charge in [0, 0.05) is 23.1 Å². The number of pyridine rings is 1. The van der Waals surface area contributed by atoms with Gasteiger partial charge in [0.2, 0.25) is 5.91 Å². The zero-order chi connectivity index (χ0) is 30.4. The van der Waals surface area contributed by atoms with Crippen molar-refractivity contribution in [3.05, 3.63) is 92.4 Å². The van der Waals surface area contributed by atoms with Gasteiger partial charge in [-0.3, -0.25) is 14.4 Å². The molecule has 1 aliphatic carbocycles. The van der Waals surface area contributed by atoms with Gasteiger partial charge in [-0.25, -0.2) is 0 Å². The van der Waals surface area contributed by atoms with E-state index in [2.05, 4.69) is 10.1 Å². The number of rotatable bonds is 13. The molecule has 0 saturated heterocycles. The number of hydrogen-bond donors (Lipinski definition) is 2. The Kier molecular flexibility index (Phi) is 10.0. The lowest BCUT2D eigenvalue weighted by atomic mass is 10.0. The topological polar surface area (TPSA) is 144 Å². The largest absolute Gasteiger partial charge is 0.619 e. The van der Waals surface area contributed by atoms with Gasteiger partial charge in [-0.05, 0) is 60.7 Å². The lowest BCUT2D eigenvalue weighted by molar-refractivity contribution is -0.605. The molecule has 3 aromatic rings. The monoisotopic (exact) mass is 623 g/mol. The van der Waals surface area contributed by atoms with Crippen LogP contribution < -0.4 is 25.3 Å². The molecule has 1 saturated carbocycles. The molecule has 10 nitrogen and oxygen atoms in total. The first kappa shape index (κ1) is 30.8. The minimum atomic E-state index is -3.09. The predicted octanol–water partition coefficient (Wildman–Crippen LogP) is 4.37. The molecule has 1 atom stereocenters. The number of esters is 1. The molecule has 2 amide bonds. The number of halogens is 4. The fraction of sp³-hybridized carbons (Fsp3) is 0.286. The van der Waals surface area contributed by atoms with Crippen LogP contribution in [0.3, 0.4) is 0 Å². The second kappa shape index (κ2) is 13.7. The van der Waals surface area contributed by atoms with Gasteiger partial charge in [0.1, 0.15) is 22.7 Å². The highest BCUT2D eigenvalue weighted by atomic mass is 35.5. The number of alkyl halides is 2. The van der Waals surface area contributed by atoms with Crippen molar-refractivity contribution >= 4 is 41.0 Å². The van der Waals surface area contributed by atoms with E-state index >= 15 is 0 Å². The lowest BCUT2D eigenvalue weighted by Crippen LogP contribution is -2.31. The molecule has 1 heterocycles. The van der Waals surface area contributed by atoms with Crippen molar-refractivity contribution in [2.24, 2.45) is 11.7 Å². The van der Waals surface area contributed by atoms with E-state index in [1.54, 1.807) is 0 Å². The summed E-state index contributed by atoms with van der Waals surface area (Å²) in [5.74, 6) is -1.99. The number of nitrogens with zero attached hydrogens (tertiary/aromatic N) is 1. The zero-order valence-corrected chi connectivity index (χ0v) is 23.4. The fourth-order valence-corrected chi connectivity index (χ4v) is 4.50. The molecule has 1 unspecified atom stereocenters. The third-order valence-electron chi connectivity index (χ3n) is 6.27. The van der Waals surface area contributed by atoms with Crippen LogP contribution >= 0.6 is 23.2 Å². The highest BCUT2D eigenvalue weighted by molar-refractivity contribution is 6.35. The number of nitrogens with one attached hydrogen (secondary N) is 1. The summed E-state index contributed by atoms with van der Waals surface area (Å²) >= 11 is 12.5. The van der Waals surface area contributed by atoms with Gasteiger partial charge in [0.15, 0.2) is 23.9 Å². The number of ether oxygens (including phenoxy) is 3. The van der Waals surface area contributed by atoms with Gasteiger partial charge in [-0.15, -0.1) is 0 Å². The van der Waals surface area contributed by atoms with Gasteiger partial charge in [0.05, 0.1) is 6.61 Å². The van der Waals surface area contributed by atoms with Crippen molar-refractivity contribution in [3.63, 3.8) is 0 Å². The van der Waals surface area contributed by atoms with Crippen molar-refractivity contribution in [1.29, 1.82) is 0 Å². The third-order valence-corrected chi connectivity index (χ3v) is 6.92. The third kappa shape index (κ3) is 8.43. The van der Waals surface area contributed by atoms with Crippen LogP contribution in [0, 0.1) is 11.1 Å². The van der Waals surface area contributed by atoms with Crippen molar-refractivity contribution < 1.29 is 42.1 Å². The molecule has 1 fully saturated rings. The molecule has 0 bridgehead atoms. The van der Waals surface area contributed by atoms with E-state index in [1.165, 1.54) is 42.5 Å². The lowest BCUT2D eigenvalue weighted by Gasteiger charge is -2.21.